The zero-order valence-electron chi connectivity index (χ0n) is 14.3. The number of carbonyl (C=O) groups excluding carboxylic acids is 1. The molecule has 0 aliphatic carbocycles. The maximum absolute atomic E-state index is 12.2. The Morgan fingerprint density at radius 3 is 2.44 bits per heavy atom. The number of carbonyl (C=O) groups is 1. The molecule has 0 unspecified atom stereocenters. The van der Waals surface area contributed by atoms with E-state index in [2.05, 4.69) is 5.32 Å². The number of amides is 1. The minimum atomic E-state index is -0.0556. The molecule has 7 nitrogen and oxygen atoms in total. The van der Waals surface area contributed by atoms with E-state index in [0.717, 1.165) is 16.8 Å². The molecule has 1 aliphatic heterocycles. The quantitative estimate of drug-likeness (QED) is 0.822. The van der Waals surface area contributed by atoms with E-state index in [4.69, 9.17) is 20.0 Å². The van der Waals surface area contributed by atoms with Gasteiger partial charge in [-0.2, -0.15) is 10.5 Å². The summed E-state index contributed by atoms with van der Waals surface area (Å²) in [7, 11) is 0. The van der Waals surface area contributed by atoms with Gasteiger partial charge in [-0.1, -0.05) is 0 Å². The zero-order valence-corrected chi connectivity index (χ0v) is 14.3. The van der Waals surface area contributed by atoms with Crippen molar-refractivity contribution < 1.29 is 14.3 Å². The van der Waals surface area contributed by atoms with Crippen LogP contribution in [0.5, 0.6) is 5.75 Å². The van der Waals surface area contributed by atoms with E-state index < -0.39 is 0 Å². The van der Waals surface area contributed by atoms with Gasteiger partial charge >= 0.3 is 0 Å². The number of rotatable bonds is 5. The van der Waals surface area contributed by atoms with E-state index in [1.807, 2.05) is 26.0 Å². The average molecular weight is 340 g/mol. The summed E-state index contributed by atoms with van der Waals surface area (Å²) in [5.74, 6) is 0.608. The maximum atomic E-state index is 12.2. The van der Waals surface area contributed by atoms with Gasteiger partial charge in [-0.25, -0.2) is 0 Å². The zero-order chi connectivity index (χ0) is 18.2. The Morgan fingerprint density at radius 1 is 1.28 bits per heavy atom. The van der Waals surface area contributed by atoms with Crippen molar-refractivity contribution in [3.05, 3.63) is 35.0 Å². The summed E-state index contributed by atoms with van der Waals surface area (Å²) >= 11 is 0. The van der Waals surface area contributed by atoms with Crippen LogP contribution in [0.4, 0.5) is 5.69 Å². The number of nitrogens with one attached hydrogen (secondary N) is 1. The number of hydrogen-bond donors (Lipinski definition) is 1. The fourth-order valence-electron chi connectivity index (χ4n) is 2.54. The van der Waals surface area contributed by atoms with Crippen LogP contribution in [0.15, 0.2) is 23.9 Å². The third kappa shape index (κ3) is 4.97. The first-order valence-corrected chi connectivity index (χ1v) is 7.91. The van der Waals surface area contributed by atoms with Crippen LogP contribution in [0.1, 0.15) is 11.1 Å². The van der Waals surface area contributed by atoms with E-state index in [1.165, 1.54) is 6.20 Å². The number of morpholine rings is 1. The molecule has 1 aromatic rings. The lowest BCUT2D eigenvalue weighted by atomic mass is 10.1. The fraction of sp³-hybridized carbons (Fsp3) is 0.389. The Labute approximate surface area is 147 Å². The van der Waals surface area contributed by atoms with Gasteiger partial charge in [-0.15, -0.1) is 0 Å². The molecule has 1 amide bonds. The number of ether oxygens (including phenoxy) is 2. The number of hydrogen-bond acceptors (Lipinski definition) is 6. The molecule has 1 saturated heterocycles. The minimum Gasteiger partial charge on any atom is -0.483 e. The van der Waals surface area contributed by atoms with Crippen molar-refractivity contribution in [2.24, 2.45) is 0 Å². The van der Waals surface area contributed by atoms with Crippen molar-refractivity contribution in [1.82, 2.24) is 4.90 Å². The summed E-state index contributed by atoms with van der Waals surface area (Å²) in [5.41, 5.74) is 2.46. The number of nitrogens with zero attached hydrogens (tertiary/aromatic N) is 3. The molecular weight excluding hydrogens is 320 g/mol. The van der Waals surface area contributed by atoms with Crippen LogP contribution in [0, 0.1) is 36.5 Å². The van der Waals surface area contributed by atoms with Crippen LogP contribution >= 0.6 is 0 Å². The standard InChI is InChI=1S/C18H20N4O3/c1-13-7-16(21-11-15(9-19)10-20)8-14(2)18(13)25-12-17(23)22-3-5-24-6-4-22/h7-8,11,21H,3-6,12H2,1-2H3. The lowest BCUT2D eigenvalue weighted by molar-refractivity contribution is -0.137. The molecule has 25 heavy (non-hydrogen) atoms. The highest BCUT2D eigenvalue weighted by Crippen LogP contribution is 2.27. The number of aryl methyl sites for hydroxylation is 2. The molecule has 1 aromatic carbocycles. The number of nitriles is 2. The highest BCUT2D eigenvalue weighted by molar-refractivity contribution is 5.78. The van der Waals surface area contributed by atoms with Crippen LogP contribution in [0.3, 0.4) is 0 Å². The first-order chi connectivity index (χ1) is 12.0. The molecule has 7 heteroatoms. The second-order valence-corrected chi connectivity index (χ2v) is 5.65. The molecule has 130 valence electrons. The summed E-state index contributed by atoms with van der Waals surface area (Å²) < 4.78 is 11.0. The predicted molar refractivity (Wildman–Crippen MR) is 91.7 cm³/mol. The normalized spacial score (nSPS) is 13.4. The molecule has 0 bridgehead atoms. The van der Waals surface area contributed by atoms with Crippen LogP contribution < -0.4 is 10.1 Å². The van der Waals surface area contributed by atoms with Gasteiger partial charge in [0, 0.05) is 25.0 Å². The van der Waals surface area contributed by atoms with E-state index >= 15 is 0 Å². The SMILES string of the molecule is Cc1cc(NC=C(C#N)C#N)cc(C)c1OCC(=O)N1CCOCC1. The maximum Gasteiger partial charge on any atom is 0.260 e. The van der Waals surface area contributed by atoms with Crippen molar-refractivity contribution >= 4 is 11.6 Å². The van der Waals surface area contributed by atoms with E-state index in [-0.39, 0.29) is 18.1 Å². The Kier molecular flexibility index (Phi) is 6.39. The predicted octanol–water partition coefficient (Wildman–Crippen LogP) is 1.88. The molecule has 1 N–H and O–H groups in total. The molecule has 2 rings (SSSR count). The summed E-state index contributed by atoms with van der Waals surface area (Å²) in [6, 6.07) is 7.25. The summed E-state index contributed by atoms with van der Waals surface area (Å²) in [4.78, 5) is 13.9. The first kappa shape index (κ1) is 18.3. The summed E-state index contributed by atoms with van der Waals surface area (Å²) in [5, 5.41) is 20.4. The Morgan fingerprint density at radius 2 is 1.88 bits per heavy atom. The van der Waals surface area contributed by atoms with Crippen molar-refractivity contribution in [2.75, 3.05) is 38.2 Å². The van der Waals surface area contributed by atoms with Gasteiger partial charge in [0.2, 0.25) is 0 Å². The van der Waals surface area contributed by atoms with Crippen LogP contribution in [-0.4, -0.2) is 43.7 Å². The van der Waals surface area contributed by atoms with E-state index in [1.54, 1.807) is 17.0 Å². The lowest BCUT2D eigenvalue weighted by Gasteiger charge is -2.27. The van der Waals surface area contributed by atoms with Gasteiger partial charge in [0.1, 0.15) is 23.5 Å². The Balaban J connectivity index is 2.02. The summed E-state index contributed by atoms with van der Waals surface area (Å²) in [6.45, 7) is 6.06. The lowest BCUT2D eigenvalue weighted by Crippen LogP contribution is -2.43. The molecule has 0 atom stereocenters. The molecule has 0 saturated carbocycles. The van der Waals surface area contributed by atoms with E-state index in [9.17, 15) is 4.79 Å². The Hall–Kier alpha value is -3.03. The van der Waals surface area contributed by atoms with Crippen molar-refractivity contribution in [3.8, 4) is 17.9 Å². The van der Waals surface area contributed by atoms with Crippen molar-refractivity contribution in [2.45, 2.75) is 13.8 Å². The molecule has 0 radical (unpaired) electrons. The number of anilines is 1. The smallest absolute Gasteiger partial charge is 0.260 e. The minimum absolute atomic E-state index is 0.00765. The van der Waals surface area contributed by atoms with Gasteiger partial charge < -0.3 is 19.7 Å². The summed E-state index contributed by atoms with van der Waals surface area (Å²) in [6.07, 6.45) is 1.36. The fourth-order valence-corrected chi connectivity index (χ4v) is 2.54. The van der Waals surface area contributed by atoms with Crippen LogP contribution in [0.25, 0.3) is 0 Å². The van der Waals surface area contributed by atoms with Gasteiger partial charge in [-0.3, -0.25) is 4.79 Å². The molecule has 0 spiro atoms. The second-order valence-electron chi connectivity index (χ2n) is 5.65. The average Bonchev–Trinajstić information content (AvgIpc) is 2.62. The van der Waals surface area contributed by atoms with Gasteiger partial charge in [-0.05, 0) is 37.1 Å². The topological polar surface area (TPSA) is 98.4 Å². The van der Waals surface area contributed by atoms with Crippen LogP contribution in [-0.2, 0) is 9.53 Å². The molecular formula is C18H20N4O3. The van der Waals surface area contributed by atoms with Gasteiger partial charge in [0.15, 0.2) is 6.61 Å². The third-order valence-corrected chi connectivity index (χ3v) is 3.79. The third-order valence-electron chi connectivity index (χ3n) is 3.79. The van der Waals surface area contributed by atoms with E-state index in [0.29, 0.717) is 32.1 Å². The monoisotopic (exact) mass is 340 g/mol. The van der Waals surface area contributed by atoms with Crippen molar-refractivity contribution in [1.29, 1.82) is 10.5 Å². The molecule has 1 aliphatic rings. The highest BCUT2D eigenvalue weighted by Gasteiger charge is 2.18. The Bertz CT molecular complexity index is 714. The van der Waals surface area contributed by atoms with Gasteiger partial charge in [0.05, 0.1) is 13.2 Å². The molecule has 1 heterocycles. The molecule has 0 aromatic heterocycles. The van der Waals surface area contributed by atoms with Crippen molar-refractivity contribution in [3.63, 3.8) is 0 Å². The van der Waals surface area contributed by atoms with Gasteiger partial charge in [0.25, 0.3) is 5.91 Å². The van der Waals surface area contributed by atoms with Crippen LogP contribution in [0.2, 0.25) is 0 Å². The highest BCUT2D eigenvalue weighted by atomic mass is 16.5. The second kappa shape index (κ2) is 8.72. The molecule has 1 fully saturated rings. The number of allylic oxidation sites excluding steroid dienone is 1. The number of benzene rings is 1. The first-order valence-electron chi connectivity index (χ1n) is 7.91. The largest absolute Gasteiger partial charge is 0.483 e.